The van der Waals surface area contributed by atoms with Crippen molar-refractivity contribution < 1.29 is 23.8 Å². The minimum absolute atomic E-state index is 0.137. The molecule has 1 amide bonds. The predicted octanol–water partition coefficient (Wildman–Crippen LogP) is 3.50. The van der Waals surface area contributed by atoms with Crippen molar-refractivity contribution in [2.45, 2.75) is 38.3 Å². The lowest BCUT2D eigenvalue weighted by molar-refractivity contribution is -0.152. The number of rotatable bonds is 6. The summed E-state index contributed by atoms with van der Waals surface area (Å²) in [6.45, 7) is 0.305. The molecular weight excluding hydrogens is 346 g/mol. The van der Waals surface area contributed by atoms with Gasteiger partial charge in [0, 0.05) is 7.11 Å². The zero-order valence-electron chi connectivity index (χ0n) is 15.2. The average Bonchev–Trinajstić information content (AvgIpc) is 3.16. The fourth-order valence-corrected chi connectivity index (χ4v) is 3.11. The van der Waals surface area contributed by atoms with Crippen LogP contribution in [0, 0.1) is 0 Å². The predicted molar refractivity (Wildman–Crippen MR) is 98.5 cm³/mol. The standard InChI is InChI=1S/C21H23NO5/c1-25-19-13-12-18(20(23)26-14-16-8-4-2-5-9-16)22(19)21(24)27-15-17-10-6-3-7-11-17/h2-11,18-19H,12-15H2,1H3/t18-,19?/m0/s1. The molecule has 3 rings (SSSR count). The van der Waals surface area contributed by atoms with E-state index in [1.165, 1.54) is 12.0 Å². The lowest BCUT2D eigenvalue weighted by Crippen LogP contribution is -2.46. The van der Waals surface area contributed by atoms with Crippen molar-refractivity contribution in [1.82, 2.24) is 4.90 Å². The van der Waals surface area contributed by atoms with Crippen LogP contribution >= 0.6 is 0 Å². The Bertz CT molecular complexity index is 750. The fraction of sp³-hybridized carbons (Fsp3) is 0.333. The molecule has 1 saturated heterocycles. The number of hydrogen-bond donors (Lipinski definition) is 0. The zero-order chi connectivity index (χ0) is 19.1. The highest BCUT2D eigenvalue weighted by Crippen LogP contribution is 2.27. The number of nitrogens with zero attached hydrogens (tertiary/aromatic N) is 1. The van der Waals surface area contributed by atoms with E-state index >= 15 is 0 Å². The van der Waals surface area contributed by atoms with Crippen LogP contribution in [0.25, 0.3) is 0 Å². The number of hydrogen-bond acceptors (Lipinski definition) is 5. The third kappa shape index (κ3) is 4.86. The van der Waals surface area contributed by atoms with Gasteiger partial charge < -0.3 is 14.2 Å². The highest BCUT2D eigenvalue weighted by molar-refractivity contribution is 5.82. The molecule has 1 aliphatic heterocycles. The van der Waals surface area contributed by atoms with E-state index in [9.17, 15) is 9.59 Å². The molecule has 0 saturated carbocycles. The summed E-state index contributed by atoms with van der Waals surface area (Å²) in [6, 6.07) is 18.1. The molecule has 2 aromatic carbocycles. The first-order valence-electron chi connectivity index (χ1n) is 8.91. The average molecular weight is 369 g/mol. The van der Waals surface area contributed by atoms with Gasteiger partial charge in [-0.05, 0) is 24.0 Å². The molecule has 2 atom stereocenters. The molecule has 1 heterocycles. The van der Waals surface area contributed by atoms with Crippen molar-refractivity contribution in [3.8, 4) is 0 Å². The first-order valence-corrected chi connectivity index (χ1v) is 8.91. The molecule has 1 unspecified atom stereocenters. The summed E-state index contributed by atoms with van der Waals surface area (Å²) in [6.07, 6.45) is -0.0402. The van der Waals surface area contributed by atoms with Crippen LogP contribution in [0.5, 0.6) is 0 Å². The number of esters is 1. The topological polar surface area (TPSA) is 65.1 Å². The van der Waals surface area contributed by atoms with Crippen LogP contribution in [0.3, 0.4) is 0 Å². The molecule has 142 valence electrons. The second kappa shape index (κ2) is 9.19. The van der Waals surface area contributed by atoms with E-state index in [4.69, 9.17) is 14.2 Å². The summed E-state index contributed by atoms with van der Waals surface area (Å²) < 4.78 is 16.1. The summed E-state index contributed by atoms with van der Waals surface area (Å²) in [5.41, 5.74) is 1.77. The van der Waals surface area contributed by atoms with Gasteiger partial charge in [-0.25, -0.2) is 9.59 Å². The van der Waals surface area contributed by atoms with E-state index in [1.807, 2.05) is 60.7 Å². The molecule has 2 aromatic rings. The van der Waals surface area contributed by atoms with Crippen molar-refractivity contribution in [3.63, 3.8) is 0 Å². The molecule has 6 heteroatoms. The van der Waals surface area contributed by atoms with Crippen LogP contribution in [-0.4, -0.2) is 36.3 Å². The number of carbonyl (C=O) groups is 2. The Morgan fingerprint density at radius 1 is 0.889 bits per heavy atom. The smallest absolute Gasteiger partial charge is 0.412 e. The lowest BCUT2D eigenvalue weighted by Gasteiger charge is -2.27. The first kappa shape index (κ1) is 18.9. The van der Waals surface area contributed by atoms with E-state index in [0.717, 1.165) is 11.1 Å². The Hall–Kier alpha value is -2.86. The maximum atomic E-state index is 12.6. The molecule has 0 N–H and O–H groups in total. The number of carbonyl (C=O) groups excluding carboxylic acids is 2. The van der Waals surface area contributed by atoms with Gasteiger partial charge in [0.05, 0.1) is 0 Å². The monoisotopic (exact) mass is 369 g/mol. The molecule has 27 heavy (non-hydrogen) atoms. The zero-order valence-corrected chi connectivity index (χ0v) is 15.2. The summed E-state index contributed by atoms with van der Waals surface area (Å²) in [5.74, 6) is -0.449. The molecule has 1 aliphatic rings. The Morgan fingerprint density at radius 3 is 2.00 bits per heavy atom. The Kier molecular flexibility index (Phi) is 6.44. The van der Waals surface area contributed by atoms with Crippen LogP contribution in [0.4, 0.5) is 4.79 Å². The van der Waals surface area contributed by atoms with Gasteiger partial charge in [0.1, 0.15) is 25.5 Å². The van der Waals surface area contributed by atoms with Gasteiger partial charge in [-0.1, -0.05) is 60.7 Å². The van der Waals surface area contributed by atoms with Crippen molar-refractivity contribution >= 4 is 12.1 Å². The quantitative estimate of drug-likeness (QED) is 0.729. The van der Waals surface area contributed by atoms with Crippen molar-refractivity contribution in [2.75, 3.05) is 7.11 Å². The summed E-state index contributed by atoms with van der Waals surface area (Å²) in [7, 11) is 1.51. The maximum Gasteiger partial charge on any atom is 0.412 e. The summed E-state index contributed by atoms with van der Waals surface area (Å²) in [5, 5.41) is 0. The van der Waals surface area contributed by atoms with Crippen molar-refractivity contribution in [2.24, 2.45) is 0 Å². The second-order valence-electron chi connectivity index (χ2n) is 6.32. The van der Waals surface area contributed by atoms with Gasteiger partial charge >= 0.3 is 12.1 Å². The normalized spacial score (nSPS) is 18.9. The highest BCUT2D eigenvalue weighted by Gasteiger charge is 2.43. The Morgan fingerprint density at radius 2 is 1.44 bits per heavy atom. The number of likely N-dealkylation sites (tertiary alicyclic amines) is 1. The van der Waals surface area contributed by atoms with Gasteiger partial charge in [0.15, 0.2) is 0 Å². The van der Waals surface area contributed by atoms with E-state index in [0.29, 0.717) is 12.8 Å². The van der Waals surface area contributed by atoms with Crippen molar-refractivity contribution in [3.05, 3.63) is 71.8 Å². The van der Waals surface area contributed by atoms with Gasteiger partial charge in [-0.3, -0.25) is 4.90 Å². The maximum absolute atomic E-state index is 12.6. The molecule has 0 spiro atoms. The summed E-state index contributed by atoms with van der Waals surface area (Å²) >= 11 is 0. The van der Waals surface area contributed by atoms with Gasteiger partial charge in [-0.15, -0.1) is 0 Å². The van der Waals surface area contributed by atoms with Gasteiger partial charge in [-0.2, -0.15) is 0 Å². The van der Waals surface area contributed by atoms with Crippen LogP contribution in [-0.2, 0) is 32.2 Å². The third-order valence-corrected chi connectivity index (χ3v) is 4.52. The number of ether oxygens (including phenoxy) is 3. The SMILES string of the molecule is COC1CC[C@@H](C(=O)OCc2ccccc2)N1C(=O)OCc1ccccc1. The highest BCUT2D eigenvalue weighted by atomic mass is 16.6. The third-order valence-electron chi connectivity index (χ3n) is 4.52. The van der Waals surface area contributed by atoms with E-state index in [1.54, 1.807) is 0 Å². The summed E-state index contributed by atoms with van der Waals surface area (Å²) in [4.78, 5) is 26.5. The lowest BCUT2D eigenvalue weighted by atomic mass is 10.2. The minimum atomic E-state index is -0.707. The van der Waals surface area contributed by atoms with E-state index < -0.39 is 24.3 Å². The van der Waals surface area contributed by atoms with Crippen LogP contribution < -0.4 is 0 Å². The Balaban J connectivity index is 1.61. The Labute approximate surface area is 158 Å². The van der Waals surface area contributed by atoms with Gasteiger partial charge in [0.2, 0.25) is 0 Å². The van der Waals surface area contributed by atoms with Crippen LogP contribution in [0.2, 0.25) is 0 Å². The second-order valence-corrected chi connectivity index (χ2v) is 6.32. The molecule has 0 aromatic heterocycles. The first-order chi connectivity index (χ1) is 13.2. The number of methoxy groups -OCH3 is 1. The number of amides is 1. The molecule has 0 bridgehead atoms. The molecular formula is C21H23NO5. The molecule has 0 aliphatic carbocycles. The van der Waals surface area contributed by atoms with E-state index in [-0.39, 0.29) is 13.2 Å². The van der Waals surface area contributed by atoms with Crippen molar-refractivity contribution in [1.29, 1.82) is 0 Å². The molecule has 6 nitrogen and oxygen atoms in total. The molecule has 1 fully saturated rings. The van der Waals surface area contributed by atoms with Crippen LogP contribution in [0.15, 0.2) is 60.7 Å². The van der Waals surface area contributed by atoms with Gasteiger partial charge in [0.25, 0.3) is 0 Å². The number of benzene rings is 2. The minimum Gasteiger partial charge on any atom is -0.459 e. The van der Waals surface area contributed by atoms with Crippen LogP contribution in [0.1, 0.15) is 24.0 Å². The fourth-order valence-electron chi connectivity index (χ4n) is 3.11. The largest absolute Gasteiger partial charge is 0.459 e. The molecule has 0 radical (unpaired) electrons. The van der Waals surface area contributed by atoms with E-state index in [2.05, 4.69) is 0 Å².